The van der Waals surface area contributed by atoms with Crippen molar-refractivity contribution < 1.29 is 8.42 Å². The lowest BCUT2D eigenvalue weighted by Crippen LogP contribution is -2.23. The fraction of sp³-hybridized carbons (Fsp3) is 0.571. The summed E-state index contributed by atoms with van der Waals surface area (Å²) in [5.74, 6) is 1.57. The van der Waals surface area contributed by atoms with Gasteiger partial charge in [-0.1, -0.05) is 0 Å². The van der Waals surface area contributed by atoms with Gasteiger partial charge >= 0.3 is 0 Å². The molecule has 5 nitrogen and oxygen atoms in total. The third kappa shape index (κ3) is 2.79. The van der Waals surface area contributed by atoms with Gasteiger partial charge in [-0.3, -0.25) is 0 Å². The molecule has 1 saturated heterocycles. The Morgan fingerprint density at radius 1 is 1.38 bits per heavy atom. The zero-order valence-electron chi connectivity index (χ0n) is 11.9. The minimum Gasteiger partial charge on any atom is -0.311 e. The van der Waals surface area contributed by atoms with Crippen LogP contribution in [0.2, 0.25) is 0 Å². The van der Waals surface area contributed by atoms with Crippen molar-refractivity contribution in [1.29, 1.82) is 0 Å². The first-order chi connectivity index (χ1) is 10.0. The quantitative estimate of drug-likeness (QED) is 0.807. The number of aromatic nitrogens is 3. The SMILES string of the molecule is Cc1ccc2nc(CCCl)n(CC3CCCS3(=O)=O)c2n1. The molecule has 2 aromatic heterocycles. The Balaban J connectivity index is 2.06. The van der Waals surface area contributed by atoms with Crippen LogP contribution in [0.5, 0.6) is 0 Å². The Kier molecular flexibility index (Phi) is 3.92. The van der Waals surface area contributed by atoms with E-state index in [-0.39, 0.29) is 5.25 Å². The molecule has 3 rings (SSSR count). The smallest absolute Gasteiger partial charge is 0.160 e. The van der Waals surface area contributed by atoms with Crippen molar-refractivity contribution in [2.45, 2.75) is 38.0 Å². The molecule has 1 aliphatic rings. The molecule has 1 fully saturated rings. The van der Waals surface area contributed by atoms with E-state index in [9.17, 15) is 8.42 Å². The second kappa shape index (κ2) is 5.57. The largest absolute Gasteiger partial charge is 0.311 e. The molecule has 1 atom stereocenters. The van der Waals surface area contributed by atoms with Crippen molar-refractivity contribution >= 4 is 32.6 Å². The minimum absolute atomic E-state index is 0.293. The maximum absolute atomic E-state index is 12.1. The lowest BCUT2D eigenvalue weighted by molar-refractivity contribution is 0.562. The molecule has 3 heterocycles. The van der Waals surface area contributed by atoms with Crippen LogP contribution in [0.15, 0.2) is 12.1 Å². The first kappa shape index (κ1) is 14.8. The van der Waals surface area contributed by atoms with Crippen LogP contribution >= 0.6 is 11.6 Å². The van der Waals surface area contributed by atoms with Gasteiger partial charge in [-0.15, -0.1) is 11.6 Å². The third-order valence-corrected chi connectivity index (χ3v) is 6.42. The standard InChI is InChI=1S/C14H18ClN3O2S/c1-10-4-5-12-14(16-10)18(13(17-12)6-7-15)9-11-3-2-8-21(11,19)20/h4-5,11H,2-3,6-9H2,1H3. The van der Waals surface area contributed by atoms with Gasteiger partial charge in [0.2, 0.25) is 0 Å². The molecule has 0 saturated carbocycles. The molecule has 1 unspecified atom stereocenters. The van der Waals surface area contributed by atoms with Crippen LogP contribution in [-0.4, -0.2) is 39.8 Å². The maximum Gasteiger partial charge on any atom is 0.160 e. The summed E-state index contributed by atoms with van der Waals surface area (Å²) in [6, 6.07) is 3.84. The molecular formula is C14H18ClN3O2S. The highest BCUT2D eigenvalue weighted by atomic mass is 35.5. The molecule has 1 aliphatic heterocycles. The summed E-state index contributed by atoms with van der Waals surface area (Å²) in [6.07, 6.45) is 2.08. The van der Waals surface area contributed by atoms with Gasteiger partial charge < -0.3 is 4.57 Å². The zero-order valence-corrected chi connectivity index (χ0v) is 13.5. The molecule has 7 heteroatoms. The molecule has 0 spiro atoms. The average molecular weight is 328 g/mol. The van der Waals surface area contributed by atoms with Gasteiger partial charge in [0.05, 0.1) is 11.0 Å². The number of hydrogen-bond donors (Lipinski definition) is 0. The number of fused-ring (bicyclic) bond motifs is 1. The highest BCUT2D eigenvalue weighted by molar-refractivity contribution is 7.92. The molecule has 0 aromatic carbocycles. The maximum atomic E-state index is 12.1. The number of aryl methyl sites for hydroxylation is 2. The van der Waals surface area contributed by atoms with E-state index in [1.165, 1.54) is 0 Å². The predicted octanol–water partition coefficient (Wildman–Crippen LogP) is 2.10. The molecular weight excluding hydrogens is 310 g/mol. The lowest BCUT2D eigenvalue weighted by atomic mass is 10.2. The Morgan fingerprint density at radius 2 is 2.19 bits per heavy atom. The number of rotatable bonds is 4. The molecule has 0 aliphatic carbocycles. The summed E-state index contributed by atoms with van der Waals surface area (Å²) >= 11 is 5.85. The van der Waals surface area contributed by atoms with E-state index in [4.69, 9.17) is 11.6 Å². The zero-order chi connectivity index (χ0) is 15.0. The second-order valence-electron chi connectivity index (χ2n) is 5.50. The highest BCUT2D eigenvalue weighted by Gasteiger charge is 2.32. The van der Waals surface area contributed by atoms with Crippen LogP contribution in [0.4, 0.5) is 0 Å². The lowest BCUT2D eigenvalue weighted by Gasteiger charge is -2.13. The van der Waals surface area contributed by atoms with Crippen LogP contribution in [0, 0.1) is 6.92 Å². The number of alkyl halides is 1. The van der Waals surface area contributed by atoms with E-state index in [2.05, 4.69) is 9.97 Å². The highest BCUT2D eigenvalue weighted by Crippen LogP contribution is 2.24. The van der Waals surface area contributed by atoms with Gasteiger partial charge in [0.1, 0.15) is 11.3 Å². The van der Waals surface area contributed by atoms with Crippen molar-refractivity contribution in [2.24, 2.45) is 0 Å². The Bertz CT molecular complexity index is 770. The van der Waals surface area contributed by atoms with E-state index >= 15 is 0 Å². The van der Waals surface area contributed by atoms with Crippen LogP contribution in [0.3, 0.4) is 0 Å². The summed E-state index contributed by atoms with van der Waals surface area (Å²) in [7, 11) is -2.98. The molecule has 0 N–H and O–H groups in total. The van der Waals surface area contributed by atoms with E-state index < -0.39 is 9.84 Å². The number of nitrogens with zero attached hydrogens (tertiary/aromatic N) is 3. The summed E-state index contributed by atoms with van der Waals surface area (Å²) in [5, 5.41) is -0.328. The molecule has 0 amide bonds. The van der Waals surface area contributed by atoms with Crippen molar-refractivity contribution in [3.8, 4) is 0 Å². The minimum atomic E-state index is -2.98. The normalized spacial score (nSPS) is 21.1. The molecule has 114 valence electrons. The molecule has 0 bridgehead atoms. The first-order valence-corrected chi connectivity index (χ1v) is 9.36. The Labute approximate surface area is 129 Å². The summed E-state index contributed by atoms with van der Waals surface area (Å²) in [4.78, 5) is 9.09. The van der Waals surface area contributed by atoms with E-state index in [0.717, 1.165) is 29.1 Å². The van der Waals surface area contributed by atoms with Gasteiger partial charge in [-0.2, -0.15) is 0 Å². The van der Waals surface area contributed by atoms with Gasteiger partial charge in [0.15, 0.2) is 15.5 Å². The second-order valence-corrected chi connectivity index (χ2v) is 8.28. The number of imidazole rings is 1. The van der Waals surface area contributed by atoms with Crippen molar-refractivity contribution in [3.05, 3.63) is 23.7 Å². The van der Waals surface area contributed by atoms with Crippen molar-refractivity contribution in [1.82, 2.24) is 14.5 Å². The van der Waals surface area contributed by atoms with Gasteiger partial charge in [-0.25, -0.2) is 18.4 Å². The van der Waals surface area contributed by atoms with E-state index in [0.29, 0.717) is 31.0 Å². The van der Waals surface area contributed by atoms with E-state index in [1.54, 1.807) is 0 Å². The summed E-state index contributed by atoms with van der Waals surface area (Å²) in [5.41, 5.74) is 2.46. The third-order valence-electron chi connectivity index (χ3n) is 3.98. The van der Waals surface area contributed by atoms with Gasteiger partial charge in [-0.05, 0) is 31.9 Å². The fourth-order valence-corrected chi connectivity index (χ4v) is 4.85. The number of sulfone groups is 1. The summed E-state index contributed by atoms with van der Waals surface area (Å²) < 4.78 is 26.1. The van der Waals surface area contributed by atoms with Crippen LogP contribution in [0.1, 0.15) is 24.4 Å². The van der Waals surface area contributed by atoms with Crippen LogP contribution in [-0.2, 0) is 22.8 Å². The fourth-order valence-electron chi connectivity index (χ4n) is 2.88. The van der Waals surface area contributed by atoms with Crippen LogP contribution in [0.25, 0.3) is 11.2 Å². The number of hydrogen-bond acceptors (Lipinski definition) is 4. The van der Waals surface area contributed by atoms with E-state index in [1.807, 2.05) is 23.6 Å². The van der Waals surface area contributed by atoms with Gasteiger partial charge in [0.25, 0.3) is 0 Å². The van der Waals surface area contributed by atoms with Crippen molar-refractivity contribution in [3.63, 3.8) is 0 Å². The Hall–Kier alpha value is -1.14. The van der Waals surface area contributed by atoms with Gasteiger partial charge in [0, 0.05) is 24.5 Å². The summed E-state index contributed by atoms with van der Waals surface area (Å²) in [6.45, 7) is 2.35. The predicted molar refractivity (Wildman–Crippen MR) is 83.5 cm³/mol. The Morgan fingerprint density at radius 3 is 2.86 bits per heavy atom. The average Bonchev–Trinajstić information content (AvgIpc) is 2.92. The molecule has 21 heavy (non-hydrogen) atoms. The van der Waals surface area contributed by atoms with Crippen LogP contribution < -0.4 is 0 Å². The molecule has 2 aromatic rings. The molecule has 0 radical (unpaired) electrons. The first-order valence-electron chi connectivity index (χ1n) is 7.11. The number of halogens is 1. The van der Waals surface area contributed by atoms with Crippen molar-refractivity contribution in [2.75, 3.05) is 11.6 Å². The topological polar surface area (TPSA) is 64.8 Å². The number of pyridine rings is 1. The monoisotopic (exact) mass is 327 g/mol.